The molecule has 0 radical (unpaired) electrons. The van der Waals surface area contributed by atoms with Gasteiger partial charge in [0.2, 0.25) is 23.2 Å². The number of nitrogens with zero attached hydrogens (tertiary/aromatic N) is 3. The normalized spacial score (nSPS) is 19.1. The Morgan fingerprint density at radius 1 is 1.11 bits per heavy atom. The average molecular weight is 373 g/mol. The minimum atomic E-state index is -0.803. The van der Waals surface area contributed by atoms with Crippen molar-refractivity contribution in [3.8, 4) is 11.5 Å². The lowest BCUT2D eigenvalue weighted by atomic mass is 9.97. The molecule has 2 heterocycles. The summed E-state index contributed by atoms with van der Waals surface area (Å²) in [5.74, 6) is -2.85. The molecule has 8 heteroatoms. The number of oxazole rings is 1. The zero-order valence-electron chi connectivity index (χ0n) is 14.5. The molecule has 0 spiro atoms. The molecule has 1 fully saturated rings. The highest BCUT2D eigenvalue weighted by molar-refractivity contribution is 6.52. The Hall–Kier alpha value is -2.74. The maximum absolute atomic E-state index is 13.4. The molecule has 140 valence electrons. The van der Waals surface area contributed by atoms with E-state index in [9.17, 15) is 18.4 Å². The Balaban J connectivity index is 1.58. The van der Waals surface area contributed by atoms with Crippen LogP contribution in [0.3, 0.4) is 0 Å². The van der Waals surface area contributed by atoms with Gasteiger partial charge in [-0.2, -0.15) is 0 Å². The zero-order valence-corrected chi connectivity index (χ0v) is 14.5. The van der Waals surface area contributed by atoms with Crippen molar-refractivity contribution in [1.82, 2.24) is 9.88 Å². The largest absolute Gasteiger partial charge is 0.432 e. The molecule has 0 atom stereocenters. The van der Waals surface area contributed by atoms with Gasteiger partial charge in [-0.15, -0.1) is 0 Å². The highest BCUT2D eigenvalue weighted by Crippen LogP contribution is 2.28. The van der Waals surface area contributed by atoms with Crippen molar-refractivity contribution in [3.63, 3.8) is 0 Å². The van der Waals surface area contributed by atoms with Crippen LogP contribution in [-0.2, 0) is 0 Å². The van der Waals surface area contributed by atoms with E-state index in [1.807, 2.05) is 0 Å². The van der Waals surface area contributed by atoms with Crippen LogP contribution in [0.15, 0.2) is 27.6 Å². The van der Waals surface area contributed by atoms with Crippen LogP contribution < -0.4 is 0 Å². The van der Waals surface area contributed by atoms with Crippen molar-refractivity contribution in [2.45, 2.75) is 19.3 Å². The third kappa shape index (κ3) is 3.57. The number of benzene rings is 1. The Labute approximate surface area is 153 Å². The topological polar surface area (TPSA) is 75.8 Å². The number of ketones is 2. The molecule has 4 rings (SSSR count). The average Bonchev–Trinajstić information content (AvgIpc) is 3.28. The van der Waals surface area contributed by atoms with Crippen LogP contribution in [0.1, 0.15) is 40.3 Å². The number of carbonyl (C=O) groups is 2. The second-order valence-corrected chi connectivity index (χ2v) is 6.66. The Bertz CT molecular complexity index is 925. The Kier molecular flexibility index (Phi) is 4.65. The summed E-state index contributed by atoms with van der Waals surface area (Å²) >= 11 is 0. The van der Waals surface area contributed by atoms with Gasteiger partial charge >= 0.3 is 0 Å². The van der Waals surface area contributed by atoms with Crippen molar-refractivity contribution in [3.05, 3.63) is 41.3 Å². The van der Waals surface area contributed by atoms with Crippen LogP contribution in [0.2, 0.25) is 0 Å². The molecule has 1 aliphatic carbocycles. The first-order valence-corrected chi connectivity index (χ1v) is 8.82. The van der Waals surface area contributed by atoms with Gasteiger partial charge in [0.05, 0.1) is 18.7 Å². The van der Waals surface area contributed by atoms with Crippen LogP contribution >= 0.6 is 0 Å². The molecule has 0 bridgehead atoms. The number of hydrogen-bond donors (Lipinski definition) is 0. The number of Topliss-reactive ketones (excluding diaryl/α,β-unsaturated/α-hetero) is 2. The van der Waals surface area contributed by atoms with Crippen LogP contribution in [0.4, 0.5) is 8.78 Å². The molecule has 2 aliphatic rings. The van der Waals surface area contributed by atoms with E-state index >= 15 is 0 Å². The zero-order chi connectivity index (χ0) is 19.0. The predicted octanol–water partition coefficient (Wildman–Crippen LogP) is 2.93. The minimum absolute atomic E-state index is 0.0232. The number of aromatic nitrogens is 1. The molecule has 0 unspecified atom stereocenters. The van der Waals surface area contributed by atoms with Gasteiger partial charge in [-0.05, 0) is 38.1 Å². The molecular weight excluding hydrogens is 356 g/mol. The fourth-order valence-electron chi connectivity index (χ4n) is 3.37. The Morgan fingerprint density at radius 2 is 1.81 bits per heavy atom. The van der Waals surface area contributed by atoms with Crippen molar-refractivity contribution in [1.29, 1.82) is 0 Å². The quantitative estimate of drug-likeness (QED) is 0.824. The van der Waals surface area contributed by atoms with Gasteiger partial charge in [-0.3, -0.25) is 14.6 Å². The lowest BCUT2D eigenvalue weighted by Gasteiger charge is -2.13. The number of likely N-dealkylation sites (tertiary alicyclic amines) is 1. The highest BCUT2D eigenvalue weighted by Gasteiger charge is 2.35. The molecule has 0 amide bonds. The van der Waals surface area contributed by atoms with Crippen LogP contribution in [0.25, 0.3) is 11.5 Å². The third-order valence-electron chi connectivity index (χ3n) is 4.71. The van der Waals surface area contributed by atoms with Crippen molar-refractivity contribution >= 4 is 17.3 Å². The first kappa shape index (κ1) is 17.7. The second-order valence-electron chi connectivity index (χ2n) is 6.66. The van der Waals surface area contributed by atoms with Gasteiger partial charge in [0.25, 0.3) is 0 Å². The second kappa shape index (κ2) is 7.11. The van der Waals surface area contributed by atoms with E-state index in [0.717, 1.165) is 31.8 Å². The minimum Gasteiger partial charge on any atom is -0.432 e. The SMILES string of the molecule is O=C1C(=NCCN2CCCC2)CC(=O)c2oc(-c3cc(F)cc(F)c3)nc21. The maximum Gasteiger partial charge on any atom is 0.229 e. The fraction of sp³-hybridized carbons (Fsp3) is 0.368. The molecule has 27 heavy (non-hydrogen) atoms. The molecule has 1 saturated heterocycles. The summed E-state index contributed by atoms with van der Waals surface area (Å²) in [6.07, 6.45) is 2.18. The van der Waals surface area contributed by atoms with Crippen LogP contribution in [-0.4, -0.2) is 53.3 Å². The van der Waals surface area contributed by atoms with E-state index < -0.39 is 23.2 Å². The number of rotatable bonds is 4. The van der Waals surface area contributed by atoms with Crippen molar-refractivity contribution < 1.29 is 22.8 Å². The summed E-state index contributed by atoms with van der Waals surface area (Å²) in [7, 11) is 0. The summed E-state index contributed by atoms with van der Waals surface area (Å²) in [5.41, 5.74) is 0.0258. The van der Waals surface area contributed by atoms with E-state index in [4.69, 9.17) is 4.42 Å². The first-order chi connectivity index (χ1) is 13.0. The van der Waals surface area contributed by atoms with E-state index in [-0.39, 0.29) is 35.0 Å². The lowest BCUT2D eigenvalue weighted by Crippen LogP contribution is -2.28. The summed E-state index contributed by atoms with van der Waals surface area (Å²) in [5, 5.41) is 0. The van der Waals surface area contributed by atoms with E-state index in [1.165, 1.54) is 12.8 Å². The fourth-order valence-corrected chi connectivity index (χ4v) is 3.37. The van der Waals surface area contributed by atoms with Crippen LogP contribution in [0.5, 0.6) is 0 Å². The van der Waals surface area contributed by atoms with Gasteiger partial charge < -0.3 is 9.32 Å². The molecule has 0 saturated carbocycles. The molecule has 6 nitrogen and oxygen atoms in total. The Morgan fingerprint density at radius 3 is 2.52 bits per heavy atom. The van der Waals surface area contributed by atoms with Gasteiger partial charge in [0.15, 0.2) is 5.69 Å². The number of carbonyl (C=O) groups excluding carboxylic acids is 2. The van der Waals surface area contributed by atoms with Gasteiger partial charge in [0.1, 0.15) is 11.6 Å². The van der Waals surface area contributed by atoms with E-state index in [2.05, 4.69) is 14.9 Å². The standard InChI is InChI=1S/C19H17F2N3O3/c20-12-7-11(8-13(21)9-12)19-23-16-17(26)14(10-15(25)18(16)27-19)22-3-6-24-4-1-2-5-24/h7-9H,1-6,10H2. The van der Waals surface area contributed by atoms with Crippen LogP contribution in [0, 0.1) is 11.6 Å². The predicted molar refractivity (Wildman–Crippen MR) is 93.1 cm³/mol. The first-order valence-electron chi connectivity index (χ1n) is 8.82. The summed E-state index contributed by atoms with van der Waals surface area (Å²) in [6, 6.07) is 2.77. The number of fused-ring (bicyclic) bond motifs is 1. The highest BCUT2D eigenvalue weighted by atomic mass is 19.1. The number of hydrogen-bond acceptors (Lipinski definition) is 6. The third-order valence-corrected chi connectivity index (χ3v) is 4.71. The van der Waals surface area contributed by atoms with E-state index in [1.54, 1.807) is 0 Å². The summed E-state index contributed by atoms with van der Waals surface area (Å²) in [6.45, 7) is 3.23. The lowest BCUT2D eigenvalue weighted by molar-refractivity contribution is 0.0940. The van der Waals surface area contributed by atoms with E-state index in [0.29, 0.717) is 12.6 Å². The smallest absolute Gasteiger partial charge is 0.229 e. The molecule has 1 aromatic carbocycles. The molecule has 1 aromatic heterocycles. The molecule has 0 N–H and O–H groups in total. The summed E-state index contributed by atoms with van der Waals surface area (Å²) in [4.78, 5) is 35.5. The van der Waals surface area contributed by atoms with Gasteiger partial charge in [-0.25, -0.2) is 13.8 Å². The van der Waals surface area contributed by atoms with Gasteiger partial charge in [-0.1, -0.05) is 0 Å². The number of halogens is 2. The maximum atomic E-state index is 13.4. The molecule has 1 aliphatic heterocycles. The van der Waals surface area contributed by atoms with Crippen molar-refractivity contribution in [2.75, 3.05) is 26.2 Å². The van der Waals surface area contributed by atoms with Crippen molar-refractivity contribution in [2.24, 2.45) is 4.99 Å². The summed E-state index contributed by atoms with van der Waals surface area (Å²) < 4.78 is 32.2. The molecular formula is C19H17F2N3O3. The molecule has 2 aromatic rings. The van der Waals surface area contributed by atoms with Gasteiger partial charge in [0, 0.05) is 18.2 Å². The number of aliphatic imine (C=N–C) groups is 1. The monoisotopic (exact) mass is 373 g/mol.